The molecule has 3 aromatic rings. The van der Waals surface area contributed by atoms with Crippen molar-refractivity contribution in [1.82, 2.24) is 4.98 Å². The van der Waals surface area contributed by atoms with E-state index in [4.69, 9.17) is 16.3 Å². The highest BCUT2D eigenvalue weighted by Crippen LogP contribution is 2.28. The van der Waals surface area contributed by atoms with Crippen LogP contribution in [0.25, 0.3) is 11.3 Å². The zero-order valence-electron chi connectivity index (χ0n) is 12.5. The fourth-order valence-electron chi connectivity index (χ4n) is 2.05. The highest BCUT2D eigenvalue weighted by Gasteiger charge is 2.14. The van der Waals surface area contributed by atoms with E-state index in [1.54, 1.807) is 25.3 Å². The third kappa shape index (κ3) is 3.77. The summed E-state index contributed by atoms with van der Waals surface area (Å²) in [5.74, 6) is 0.363. The molecule has 1 heterocycles. The first-order valence-corrected chi connectivity index (χ1v) is 8.98. The number of carbonyl (C=O) groups excluding carboxylic acids is 1. The van der Waals surface area contributed by atoms with E-state index in [1.165, 1.54) is 11.3 Å². The van der Waals surface area contributed by atoms with Crippen molar-refractivity contribution in [1.29, 1.82) is 0 Å². The summed E-state index contributed by atoms with van der Waals surface area (Å²) in [7, 11) is 1.56. The van der Waals surface area contributed by atoms with Gasteiger partial charge < -0.3 is 4.74 Å². The molecule has 3 rings (SSSR count). The van der Waals surface area contributed by atoms with Crippen LogP contribution in [0.1, 0.15) is 10.4 Å². The molecule has 0 aliphatic heterocycles. The monoisotopic (exact) mass is 422 g/mol. The van der Waals surface area contributed by atoms with Crippen molar-refractivity contribution in [2.24, 2.45) is 0 Å². The van der Waals surface area contributed by atoms with Gasteiger partial charge in [-0.3, -0.25) is 10.1 Å². The normalized spacial score (nSPS) is 10.5. The lowest BCUT2D eigenvalue weighted by molar-refractivity contribution is 0.102. The molecular weight excluding hydrogens is 412 g/mol. The molecule has 0 saturated heterocycles. The van der Waals surface area contributed by atoms with Gasteiger partial charge in [-0.2, -0.15) is 0 Å². The minimum Gasteiger partial charge on any atom is -0.497 e. The van der Waals surface area contributed by atoms with Crippen molar-refractivity contribution >= 4 is 49.9 Å². The van der Waals surface area contributed by atoms with Crippen LogP contribution < -0.4 is 10.1 Å². The number of nitrogens with one attached hydrogen (secondary N) is 1. The second kappa shape index (κ2) is 7.34. The molecule has 122 valence electrons. The van der Waals surface area contributed by atoms with Gasteiger partial charge in [0.1, 0.15) is 5.75 Å². The zero-order chi connectivity index (χ0) is 17.1. The largest absolute Gasteiger partial charge is 0.497 e. The molecule has 24 heavy (non-hydrogen) atoms. The molecule has 0 unspecified atom stereocenters. The van der Waals surface area contributed by atoms with Crippen LogP contribution in [0.2, 0.25) is 5.02 Å². The number of halogens is 2. The second-order valence-corrected chi connectivity index (χ2v) is 6.99. The summed E-state index contributed by atoms with van der Waals surface area (Å²) in [6.45, 7) is 0. The van der Waals surface area contributed by atoms with E-state index in [-0.39, 0.29) is 5.91 Å². The quantitative estimate of drug-likeness (QED) is 0.604. The van der Waals surface area contributed by atoms with E-state index in [9.17, 15) is 4.79 Å². The lowest BCUT2D eigenvalue weighted by atomic mass is 10.2. The average molecular weight is 424 g/mol. The third-order valence-corrected chi connectivity index (χ3v) is 4.98. The van der Waals surface area contributed by atoms with Crippen LogP contribution in [0, 0.1) is 0 Å². The summed E-state index contributed by atoms with van der Waals surface area (Å²) >= 11 is 10.6. The highest BCUT2D eigenvalue weighted by molar-refractivity contribution is 9.10. The number of thiazole rings is 1. The van der Waals surface area contributed by atoms with E-state index in [0.29, 0.717) is 25.9 Å². The third-order valence-electron chi connectivity index (χ3n) is 3.28. The topological polar surface area (TPSA) is 51.2 Å². The molecule has 0 bridgehead atoms. The van der Waals surface area contributed by atoms with E-state index in [1.807, 2.05) is 29.6 Å². The molecule has 1 aromatic heterocycles. The zero-order valence-corrected chi connectivity index (χ0v) is 15.7. The standard InChI is InChI=1S/C17H12BrClN2O2S/c1-23-12-6-7-14(18)13(8-12)16(22)21-17-20-15(9-24-17)10-2-4-11(19)5-3-10/h2-9H,1H3,(H,20,21,22). The van der Waals surface area contributed by atoms with Crippen molar-refractivity contribution in [2.75, 3.05) is 12.4 Å². The predicted molar refractivity (Wildman–Crippen MR) is 101 cm³/mol. The van der Waals surface area contributed by atoms with Gasteiger partial charge in [0.25, 0.3) is 5.91 Å². The smallest absolute Gasteiger partial charge is 0.258 e. The van der Waals surface area contributed by atoms with Crippen LogP contribution >= 0.6 is 38.9 Å². The summed E-state index contributed by atoms with van der Waals surface area (Å²) in [6.07, 6.45) is 0. The van der Waals surface area contributed by atoms with Gasteiger partial charge in [0, 0.05) is 20.4 Å². The Balaban J connectivity index is 1.79. The Morgan fingerprint density at radius 3 is 2.71 bits per heavy atom. The van der Waals surface area contributed by atoms with Crippen LogP contribution in [-0.2, 0) is 0 Å². The molecule has 1 amide bonds. The fourth-order valence-corrected chi connectivity index (χ4v) is 3.32. The van der Waals surface area contributed by atoms with Crippen molar-refractivity contribution < 1.29 is 9.53 Å². The summed E-state index contributed by atoms with van der Waals surface area (Å²) in [4.78, 5) is 16.9. The number of ether oxygens (including phenoxy) is 1. The molecule has 0 fully saturated rings. The van der Waals surface area contributed by atoms with Crippen molar-refractivity contribution in [3.05, 3.63) is 62.9 Å². The number of amides is 1. The first kappa shape index (κ1) is 17.0. The minimum absolute atomic E-state index is 0.252. The summed E-state index contributed by atoms with van der Waals surface area (Å²) in [5.41, 5.74) is 2.22. The number of carbonyl (C=O) groups is 1. The molecule has 7 heteroatoms. The Morgan fingerprint density at radius 2 is 2.00 bits per heavy atom. The maximum Gasteiger partial charge on any atom is 0.258 e. The minimum atomic E-state index is -0.252. The number of hydrogen-bond donors (Lipinski definition) is 1. The number of nitrogens with zero attached hydrogens (tertiary/aromatic N) is 1. The SMILES string of the molecule is COc1ccc(Br)c(C(=O)Nc2nc(-c3ccc(Cl)cc3)cs2)c1. The van der Waals surface area contributed by atoms with Gasteiger partial charge in [0.2, 0.25) is 0 Å². The molecule has 2 aromatic carbocycles. The van der Waals surface area contributed by atoms with Crippen LogP contribution in [0.5, 0.6) is 5.75 Å². The molecule has 0 atom stereocenters. The van der Waals surface area contributed by atoms with Crippen molar-refractivity contribution in [3.63, 3.8) is 0 Å². The van der Waals surface area contributed by atoms with Gasteiger partial charge in [-0.15, -0.1) is 11.3 Å². The van der Waals surface area contributed by atoms with Crippen molar-refractivity contribution in [3.8, 4) is 17.0 Å². The van der Waals surface area contributed by atoms with Gasteiger partial charge >= 0.3 is 0 Å². The Kier molecular flexibility index (Phi) is 5.18. The van der Waals surface area contributed by atoms with Gasteiger partial charge in [0.05, 0.1) is 18.4 Å². The van der Waals surface area contributed by atoms with Crippen molar-refractivity contribution in [2.45, 2.75) is 0 Å². The summed E-state index contributed by atoms with van der Waals surface area (Å²) < 4.78 is 5.85. The van der Waals surface area contributed by atoms with E-state index in [0.717, 1.165) is 11.3 Å². The van der Waals surface area contributed by atoms with Crippen LogP contribution in [0.15, 0.2) is 52.3 Å². The lowest BCUT2D eigenvalue weighted by Crippen LogP contribution is -2.12. The highest BCUT2D eigenvalue weighted by atomic mass is 79.9. The van der Waals surface area contributed by atoms with Gasteiger partial charge in [0.15, 0.2) is 5.13 Å². The van der Waals surface area contributed by atoms with Crippen LogP contribution in [0.4, 0.5) is 5.13 Å². The fraction of sp³-hybridized carbons (Fsp3) is 0.0588. The lowest BCUT2D eigenvalue weighted by Gasteiger charge is -2.06. The van der Waals surface area contributed by atoms with E-state index < -0.39 is 0 Å². The van der Waals surface area contributed by atoms with Gasteiger partial charge in [-0.1, -0.05) is 23.7 Å². The molecule has 0 spiro atoms. The number of methoxy groups -OCH3 is 1. The maximum absolute atomic E-state index is 12.4. The molecule has 1 N–H and O–H groups in total. The number of benzene rings is 2. The predicted octanol–water partition coefficient (Wildman–Crippen LogP) is 5.49. The molecular formula is C17H12BrClN2O2S. The molecule has 0 saturated carbocycles. The Hall–Kier alpha value is -1.89. The van der Waals surface area contributed by atoms with Crippen LogP contribution in [0.3, 0.4) is 0 Å². The van der Waals surface area contributed by atoms with E-state index >= 15 is 0 Å². The number of hydrogen-bond acceptors (Lipinski definition) is 4. The Bertz CT molecular complexity index is 881. The average Bonchev–Trinajstić information content (AvgIpc) is 3.04. The molecule has 4 nitrogen and oxygen atoms in total. The molecule has 0 aliphatic carbocycles. The second-order valence-electron chi connectivity index (χ2n) is 4.84. The maximum atomic E-state index is 12.4. The van der Waals surface area contributed by atoms with Gasteiger partial charge in [-0.25, -0.2) is 4.98 Å². The first-order chi connectivity index (χ1) is 11.6. The van der Waals surface area contributed by atoms with E-state index in [2.05, 4.69) is 26.2 Å². The molecule has 0 radical (unpaired) electrons. The van der Waals surface area contributed by atoms with Crippen LogP contribution in [-0.4, -0.2) is 18.0 Å². The number of anilines is 1. The Morgan fingerprint density at radius 1 is 1.25 bits per heavy atom. The summed E-state index contributed by atoms with van der Waals surface area (Å²) in [5, 5.41) is 5.90. The number of aromatic nitrogens is 1. The Labute approximate surface area is 156 Å². The first-order valence-electron chi connectivity index (χ1n) is 6.93. The molecule has 0 aliphatic rings. The summed E-state index contributed by atoms with van der Waals surface area (Å²) in [6, 6.07) is 12.6. The van der Waals surface area contributed by atoms with Gasteiger partial charge in [-0.05, 0) is 46.3 Å². The number of rotatable bonds is 4.